The van der Waals surface area contributed by atoms with Crippen LogP contribution in [0.3, 0.4) is 0 Å². The van der Waals surface area contributed by atoms with Crippen LogP contribution >= 0.6 is 0 Å². The molecule has 0 aliphatic carbocycles. The van der Waals surface area contributed by atoms with E-state index in [0.29, 0.717) is 6.42 Å². The molecule has 1 heterocycles. The summed E-state index contributed by atoms with van der Waals surface area (Å²) in [5.74, 6) is 0.486. The van der Waals surface area contributed by atoms with E-state index in [4.69, 9.17) is 10.5 Å². The lowest BCUT2D eigenvalue weighted by Gasteiger charge is -2.23. The van der Waals surface area contributed by atoms with Crippen LogP contribution in [0.1, 0.15) is 32.6 Å². The molecule has 1 rings (SSSR count). The van der Waals surface area contributed by atoms with E-state index in [-0.39, 0.29) is 5.97 Å². The topological polar surface area (TPSA) is 58.8 Å². The van der Waals surface area contributed by atoms with E-state index in [0.717, 1.165) is 25.3 Å². The van der Waals surface area contributed by atoms with Crippen molar-refractivity contribution in [3.8, 4) is 0 Å². The minimum atomic E-state index is -0.846. The fourth-order valence-corrected chi connectivity index (χ4v) is 2.92. The van der Waals surface area contributed by atoms with Gasteiger partial charge in [-0.15, -0.1) is 0 Å². The number of carbonyl (C=O) groups excluding carboxylic acids is 1. The van der Waals surface area contributed by atoms with Gasteiger partial charge in [-0.25, -0.2) is 0 Å². The molecular formula is C15H31N3O2. The fourth-order valence-electron chi connectivity index (χ4n) is 2.92. The number of carbonyl (C=O) groups is 1. The van der Waals surface area contributed by atoms with Gasteiger partial charge in [0.05, 0.1) is 7.11 Å². The average molecular weight is 285 g/mol. The number of nitrogens with zero attached hydrogens (tertiary/aromatic N) is 2. The molecule has 1 fully saturated rings. The normalized spacial score (nSPS) is 23.0. The summed E-state index contributed by atoms with van der Waals surface area (Å²) in [7, 11) is 5.76. The minimum Gasteiger partial charge on any atom is -0.468 e. The maximum Gasteiger partial charge on any atom is 0.325 e. The third-order valence-corrected chi connectivity index (χ3v) is 4.20. The summed E-state index contributed by atoms with van der Waals surface area (Å²) in [5, 5.41) is 0. The molecule has 0 saturated carbocycles. The SMILES string of the molecule is COC(=O)C(C)(N)CCCCN(C)CC1CCN(C)C1. The van der Waals surface area contributed by atoms with E-state index in [9.17, 15) is 4.79 Å². The largest absolute Gasteiger partial charge is 0.468 e. The van der Waals surface area contributed by atoms with Crippen LogP contribution in [0.4, 0.5) is 0 Å². The Balaban J connectivity index is 2.13. The summed E-state index contributed by atoms with van der Waals surface area (Å²) < 4.78 is 4.71. The summed E-state index contributed by atoms with van der Waals surface area (Å²) in [6.07, 6.45) is 4.02. The van der Waals surface area contributed by atoms with Crippen LogP contribution < -0.4 is 5.73 Å². The van der Waals surface area contributed by atoms with Crippen molar-refractivity contribution in [2.45, 2.75) is 38.1 Å². The molecule has 0 aromatic rings. The highest BCUT2D eigenvalue weighted by Gasteiger charge is 2.28. The van der Waals surface area contributed by atoms with Crippen molar-refractivity contribution in [3.05, 3.63) is 0 Å². The lowest BCUT2D eigenvalue weighted by Crippen LogP contribution is -2.45. The smallest absolute Gasteiger partial charge is 0.325 e. The molecule has 0 bridgehead atoms. The highest BCUT2D eigenvalue weighted by molar-refractivity contribution is 5.79. The third-order valence-electron chi connectivity index (χ3n) is 4.20. The summed E-state index contributed by atoms with van der Waals surface area (Å²) in [6, 6.07) is 0. The Morgan fingerprint density at radius 1 is 1.50 bits per heavy atom. The van der Waals surface area contributed by atoms with Crippen molar-refractivity contribution in [3.63, 3.8) is 0 Å². The molecule has 2 unspecified atom stereocenters. The van der Waals surface area contributed by atoms with Crippen LogP contribution in [-0.2, 0) is 9.53 Å². The van der Waals surface area contributed by atoms with Gasteiger partial charge < -0.3 is 20.3 Å². The Labute approximate surface area is 123 Å². The summed E-state index contributed by atoms with van der Waals surface area (Å²) in [4.78, 5) is 16.3. The van der Waals surface area contributed by atoms with Gasteiger partial charge >= 0.3 is 5.97 Å². The predicted molar refractivity (Wildman–Crippen MR) is 81.6 cm³/mol. The quantitative estimate of drug-likeness (QED) is 0.531. The van der Waals surface area contributed by atoms with Crippen molar-refractivity contribution < 1.29 is 9.53 Å². The Hall–Kier alpha value is -0.650. The van der Waals surface area contributed by atoms with E-state index >= 15 is 0 Å². The van der Waals surface area contributed by atoms with Gasteiger partial charge in [0.25, 0.3) is 0 Å². The minimum absolute atomic E-state index is 0.320. The van der Waals surface area contributed by atoms with E-state index in [1.54, 1.807) is 6.92 Å². The number of esters is 1. The zero-order chi connectivity index (χ0) is 15.2. The van der Waals surface area contributed by atoms with Gasteiger partial charge in [-0.3, -0.25) is 4.79 Å². The first-order valence-electron chi connectivity index (χ1n) is 7.59. The summed E-state index contributed by atoms with van der Waals surface area (Å²) in [5.41, 5.74) is 5.10. The number of nitrogens with two attached hydrogens (primary N) is 1. The molecule has 2 N–H and O–H groups in total. The standard InChI is InChI=1S/C15H31N3O2/c1-15(16,14(19)20-4)8-5-6-9-17(2)11-13-7-10-18(3)12-13/h13H,5-12,16H2,1-4H3. The molecule has 118 valence electrons. The van der Waals surface area contributed by atoms with Gasteiger partial charge in [-0.1, -0.05) is 0 Å². The lowest BCUT2D eigenvalue weighted by atomic mass is 9.96. The van der Waals surface area contributed by atoms with Crippen LogP contribution in [-0.4, -0.2) is 68.7 Å². The van der Waals surface area contributed by atoms with E-state index < -0.39 is 5.54 Å². The second kappa shape index (κ2) is 7.96. The first-order chi connectivity index (χ1) is 9.35. The molecule has 1 aliphatic rings. The van der Waals surface area contributed by atoms with E-state index in [1.807, 2.05) is 0 Å². The molecule has 0 spiro atoms. The highest BCUT2D eigenvalue weighted by Crippen LogP contribution is 2.16. The van der Waals surface area contributed by atoms with Crippen LogP contribution in [0, 0.1) is 5.92 Å². The highest BCUT2D eigenvalue weighted by atomic mass is 16.5. The second-order valence-corrected chi connectivity index (χ2v) is 6.55. The molecule has 5 nitrogen and oxygen atoms in total. The number of likely N-dealkylation sites (tertiary alicyclic amines) is 1. The Morgan fingerprint density at radius 2 is 2.20 bits per heavy atom. The number of rotatable bonds is 8. The van der Waals surface area contributed by atoms with Crippen LogP contribution in [0.15, 0.2) is 0 Å². The summed E-state index contributed by atoms with van der Waals surface area (Å²) >= 11 is 0. The van der Waals surface area contributed by atoms with Gasteiger partial charge in [0.1, 0.15) is 5.54 Å². The third kappa shape index (κ3) is 5.77. The number of hydrogen-bond acceptors (Lipinski definition) is 5. The molecule has 20 heavy (non-hydrogen) atoms. The molecule has 0 amide bonds. The maximum atomic E-state index is 11.5. The first-order valence-corrected chi connectivity index (χ1v) is 7.59. The van der Waals surface area contributed by atoms with Gasteiger partial charge in [-0.05, 0) is 65.7 Å². The molecule has 5 heteroatoms. The van der Waals surface area contributed by atoms with Crippen molar-refractivity contribution in [2.75, 3.05) is 47.4 Å². The zero-order valence-corrected chi connectivity index (χ0v) is 13.5. The number of ether oxygens (including phenoxy) is 1. The molecule has 0 aromatic carbocycles. The fraction of sp³-hybridized carbons (Fsp3) is 0.933. The lowest BCUT2D eigenvalue weighted by molar-refractivity contribution is -0.146. The van der Waals surface area contributed by atoms with Gasteiger partial charge in [0, 0.05) is 13.1 Å². The van der Waals surface area contributed by atoms with Crippen LogP contribution in [0.25, 0.3) is 0 Å². The van der Waals surface area contributed by atoms with Gasteiger partial charge in [-0.2, -0.15) is 0 Å². The van der Waals surface area contributed by atoms with Gasteiger partial charge in [0.15, 0.2) is 0 Å². The molecule has 1 saturated heterocycles. The van der Waals surface area contributed by atoms with Crippen LogP contribution in [0.2, 0.25) is 0 Å². The molecule has 0 aromatic heterocycles. The number of hydrogen-bond donors (Lipinski definition) is 1. The zero-order valence-electron chi connectivity index (χ0n) is 13.5. The van der Waals surface area contributed by atoms with Gasteiger partial charge in [0.2, 0.25) is 0 Å². The molecule has 1 aliphatic heterocycles. The van der Waals surface area contributed by atoms with Crippen molar-refractivity contribution in [1.29, 1.82) is 0 Å². The van der Waals surface area contributed by atoms with Crippen molar-refractivity contribution >= 4 is 5.97 Å². The Morgan fingerprint density at radius 3 is 2.75 bits per heavy atom. The van der Waals surface area contributed by atoms with Crippen molar-refractivity contribution in [1.82, 2.24) is 9.80 Å². The van der Waals surface area contributed by atoms with Crippen LogP contribution in [0.5, 0.6) is 0 Å². The Bertz CT molecular complexity index is 307. The van der Waals surface area contributed by atoms with E-state index in [2.05, 4.69) is 23.9 Å². The Kier molecular flexibility index (Phi) is 6.92. The van der Waals surface area contributed by atoms with Crippen molar-refractivity contribution in [2.24, 2.45) is 11.7 Å². The second-order valence-electron chi connectivity index (χ2n) is 6.55. The predicted octanol–water partition coefficient (Wildman–Crippen LogP) is 0.931. The van der Waals surface area contributed by atoms with E-state index in [1.165, 1.54) is 33.2 Å². The summed E-state index contributed by atoms with van der Waals surface area (Å²) in [6.45, 7) is 6.42. The molecule has 0 radical (unpaired) electrons. The monoisotopic (exact) mass is 285 g/mol. The number of unbranched alkanes of at least 4 members (excludes halogenated alkanes) is 1. The molecular weight excluding hydrogens is 254 g/mol. The molecule has 2 atom stereocenters. The first kappa shape index (κ1) is 17.4. The average Bonchev–Trinajstić information content (AvgIpc) is 2.79. The number of methoxy groups -OCH3 is 1. The maximum absolute atomic E-state index is 11.5.